The summed E-state index contributed by atoms with van der Waals surface area (Å²) >= 11 is 0. The summed E-state index contributed by atoms with van der Waals surface area (Å²) in [4.78, 5) is 0. The zero-order chi connectivity index (χ0) is 20.8. The minimum atomic E-state index is -5.86. The van der Waals surface area contributed by atoms with Crippen LogP contribution in [0.1, 0.15) is 20.8 Å². The second-order valence-corrected chi connectivity index (χ2v) is 13.9. The first-order valence-corrected chi connectivity index (χ1v) is 12.3. The molecule has 0 aliphatic carbocycles. The highest BCUT2D eigenvalue weighted by Gasteiger charge is 2.48. The average Bonchev–Trinajstić information content (AvgIpc) is 2.43. The molecule has 0 amide bonds. The molecule has 150 valence electrons. The Hall–Kier alpha value is -1.81. The molecule has 0 fully saturated rings. The molecule has 0 aliphatic rings. The van der Waals surface area contributed by atoms with E-state index >= 15 is 0 Å². The van der Waals surface area contributed by atoms with E-state index in [0.717, 1.165) is 18.2 Å². The maximum Gasteiger partial charge on any atom is 0.534 e. The fourth-order valence-corrected chi connectivity index (χ4v) is 3.48. The summed E-state index contributed by atoms with van der Waals surface area (Å²) in [6.07, 6.45) is 0. The second kappa shape index (κ2) is 6.66. The van der Waals surface area contributed by atoms with Gasteiger partial charge in [0.2, 0.25) is 0 Å². The van der Waals surface area contributed by atoms with Crippen LogP contribution >= 0.6 is 0 Å². The van der Waals surface area contributed by atoms with Crippen molar-refractivity contribution in [2.75, 3.05) is 0 Å². The Bertz CT molecular complexity index is 963. The summed E-state index contributed by atoms with van der Waals surface area (Å²) < 4.78 is 84.5. The molecule has 2 aromatic carbocycles. The van der Waals surface area contributed by atoms with Crippen LogP contribution in [0.2, 0.25) is 18.1 Å². The van der Waals surface area contributed by atoms with Crippen molar-refractivity contribution in [2.24, 2.45) is 0 Å². The van der Waals surface area contributed by atoms with Crippen molar-refractivity contribution in [3.05, 3.63) is 36.1 Å². The Balaban J connectivity index is 2.62. The minimum Gasteiger partial charge on any atom is -0.543 e. The quantitative estimate of drug-likeness (QED) is 0.278. The monoisotopic (exact) mass is 424 g/mol. The maximum absolute atomic E-state index is 13.6. The fraction of sp³-hybridized carbons (Fsp3) is 0.412. The van der Waals surface area contributed by atoms with Gasteiger partial charge in [0.25, 0.3) is 8.32 Å². The number of fused-ring (bicyclic) bond motifs is 1. The lowest BCUT2D eigenvalue weighted by atomic mass is 10.1. The Morgan fingerprint density at radius 3 is 2.11 bits per heavy atom. The van der Waals surface area contributed by atoms with Crippen molar-refractivity contribution >= 4 is 29.2 Å². The van der Waals surface area contributed by atoms with Crippen LogP contribution in [0.3, 0.4) is 0 Å². The first kappa shape index (κ1) is 21.5. The third kappa shape index (κ3) is 4.54. The normalized spacial score (nSPS) is 13.7. The van der Waals surface area contributed by atoms with E-state index in [-0.39, 0.29) is 16.2 Å². The molecule has 0 aromatic heterocycles. The third-order valence-corrected chi connectivity index (χ3v) is 9.83. The molecule has 2 aromatic rings. The van der Waals surface area contributed by atoms with Crippen molar-refractivity contribution in [3.63, 3.8) is 0 Å². The van der Waals surface area contributed by atoms with E-state index in [9.17, 15) is 26.0 Å². The fourth-order valence-electron chi connectivity index (χ4n) is 2.01. The van der Waals surface area contributed by atoms with Gasteiger partial charge in [0.15, 0.2) is 0 Å². The van der Waals surface area contributed by atoms with Gasteiger partial charge in [-0.2, -0.15) is 21.6 Å². The van der Waals surface area contributed by atoms with Gasteiger partial charge in [-0.1, -0.05) is 20.8 Å². The zero-order valence-corrected chi connectivity index (χ0v) is 17.3. The molecule has 0 bridgehead atoms. The Morgan fingerprint density at radius 2 is 1.59 bits per heavy atom. The highest BCUT2D eigenvalue weighted by Crippen LogP contribution is 2.41. The highest BCUT2D eigenvalue weighted by atomic mass is 32.2. The second-order valence-electron chi connectivity index (χ2n) is 7.63. The number of benzene rings is 2. The van der Waals surface area contributed by atoms with E-state index in [1.54, 1.807) is 0 Å². The molecule has 4 nitrogen and oxygen atoms in total. The molecule has 2 rings (SSSR count). The standard InChI is InChI=1S/C17H20F4O4SSi/c1-16(2,3)27(4,5)25-15-10-13(24-26(22,23)17(19,20)21)9-11-8-12(18)6-7-14(11)15/h6-10H,1-5H3. The highest BCUT2D eigenvalue weighted by molar-refractivity contribution is 7.88. The van der Waals surface area contributed by atoms with Crippen LogP contribution in [0.15, 0.2) is 30.3 Å². The largest absolute Gasteiger partial charge is 0.543 e. The van der Waals surface area contributed by atoms with E-state index in [4.69, 9.17) is 4.43 Å². The summed E-state index contributed by atoms with van der Waals surface area (Å²) in [5.41, 5.74) is -5.58. The lowest BCUT2D eigenvalue weighted by Gasteiger charge is -2.36. The molecule has 0 heterocycles. The summed E-state index contributed by atoms with van der Waals surface area (Å²) in [7, 11) is -8.27. The van der Waals surface area contributed by atoms with Crippen molar-refractivity contribution in [1.82, 2.24) is 0 Å². The predicted octanol–water partition coefficient (Wildman–Crippen LogP) is 5.59. The van der Waals surface area contributed by atoms with Crippen molar-refractivity contribution in [1.29, 1.82) is 0 Å². The molecule has 0 radical (unpaired) electrons. The van der Waals surface area contributed by atoms with Crippen LogP contribution in [-0.4, -0.2) is 22.2 Å². The van der Waals surface area contributed by atoms with Crippen molar-refractivity contribution < 1.29 is 34.6 Å². The van der Waals surface area contributed by atoms with E-state index < -0.39 is 35.5 Å². The van der Waals surface area contributed by atoms with Crippen LogP contribution in [0.25, 0.3) is 10.8 Å². The maximum atomic E-state index is 13.6. The van der Waals surface area contributed by atoms with Crippen LogP contribution in [0.4, 0.5) is 17.6 Å². The van der Waals surface area contributed by atoms with Crippen molar-refractivity contribution in [3.8, 4) is 11.5 Å². The van der Waals surface area contributed by atoms with Crippen LogP contribution < -0.4 is 8.61 Å². The van der Waals surface area contributed by atoms with Gasteiger partial charge < -0.3 is 8.61 Å². The molecule has 10 heteroatoms. The topological polar surface area (TPSA) is 52.6 Å². The molecule has 0 aliphatic heterocycles. The molecular weight excluding hydrogens is 404 g/mol. The van der Waals surface area contributed by atoms with Gasteiger partial charge in [-0.05, 0) is 47.8 Å². The SMILES string of the molecule is CC(C)(C)[Si](C)(C)Oc1cc(OS(=O)(=O)C(F)(F)F)cc2cc(F)ccc12. The molecule has 0 unspecified atom stereocenters. The molecule has 0 N–H and O–H groups in total. The van der Waals surface area contributed by atoms with Gasteiger partial charge in [0.1, 0.15) is 17.3 Å². The number of rotatable bonds is 4. The van der Waals surface area contributed by atoms with Crippen LogP contribution in [0.5, 0.6) is 11.5 Å². The lowest BCUT2D eigenvalue weighted by Crippen LogP contribution is -2.43. The molecule has 0 atom stereocenters. The minimum absolute atomic E-state index is 0.145. The molecule has 0 saturated heterocycles. The molecule has 0 spiro atoms. The Kier molecular flexibility index (Phi) is 5.30. The average molecular weight is 424 g/mol. The summed E-state index contributed by atoms with van der Waals surface area (Å²) in [5.74, 6) is -1.08. The van der Waals surface area contributed by atoms with E-state index in [1.165, 1.54) is 12.1 Å². The van der Waals surface area contributed by atoms with Crippen LogP contribution in [-0.2, 0) is 10.1 Å². The number of alkyl halides is 3. The predicted molar refractivity (Wildman–Crippen MR) is 97.3 cm³/mol. The number of hydrogen-bond donors (Lipinski definition) is 0. The van der Waals surface area contributed by atoms with Gasteiger partial charge in [-0.25, -0.2) is 4.39 Å². The molecular formula is C17H20F4O4SSi. The molecule has 27 heavy (non-hydrogen) atoms. The van der Waals surface area contributed by atoms with Gasteiger partial charge in [-0.3, -0.25) is 0 Å². The van der Waals surface area contributed by atoms with E-state index in [2.05, 4.69) is 4.18 Å². The first-order chi connectivity index (χ1) is 12.0. The van der Waals surface area contributed by atoms with E-state index in [1.807, 2.05) is 33.9 Å². The van der Waals surface area contributed by atoms with Gasteiger partial charge in [-0.15, -0.1) is 0 Å². The van der Waals surface area contributed by atoms with Gasteiger partial charge in [0.05, 0.1) is 0 Å². The third-order valence-electron chi connectivity index (χ3n) is 4.51. The zero-order valence-electron chi connectivity index (χ0n) is 15.4. The molecule has 0 saturated carbocycles. The summed E-state index contributed by atoms with van der Waals surface area (Å²) in [5, 5.41) is 0.380. The van der Waals surface area contributed by atoms with Crippen molar-refractivity contribution in [2.45, 2.75) is 44.4 Å². The first-order valence-electron chi connectivity index (χ1n) is 7.97. The van der Waals surface area contributed by atoms with Gasteiger partial charge in [0, 0.05) is 11.5 Å². The van der Waals surface area contributed by atoms with E-state index in [0.29, 0.717) is 5.39 Å². The lowest BCUT2D eigenvalue weighted by molar-refractivity contribution is -0.0500. The number of hydrogen-bond acceptors (Lipinski definition) is 4. The summed E-state index contributed by atoms with van der Waals surface area (Å²) in [6.45, 7) is 9.74. The van der Waals surface area contributed by atoms with Crippen LogP contribution in [0, 0.1) is 5.82 Å². The number of halogens is 4. The Labute approximate surface area is 156 Å². The van der Waals surface area contributed by atoms with Gasteiger partial charge >= 0.3 is 15.6 Å². The Morgan fingerprint density at radius 1 is 1.00 bits per heavy atom. The summed E-state index contributed by atoms with van der Waals surface area (Å²) in [6, 6.07) is 5.80. The smallest absolute Gasteiger partial charge is 0.534 e.